The van der Waals surface area contributed by atoms with Crippen molar-refractivity contribution in [1.29, 1.82) is 0 Å². The van der Waals surface area contributed by atoms with Crippen LogP contribution in [-0.4, -0.2) is 54.3 Å². The van der Waals surface area contributed by atoms with E-state index in [-0.39, 0.29) is 32.1 Å². The van der Waals surface area contributed by atoms with Gasteiger partial charge in [0, 0.05) is 19.4 Å². The van der Waals surface area contributed by atoms with Crippen LogP contribution in [0.4, 0.5) is 0 Å². The fraction of sp³-hybridized carbons (Fsp3) is 0.946. The molecule has 9 nitrogen and oxygen atoms in total. The van der Waals surface area contributed by atoms with E-state index in [9.17, 15) is 24.2 Å². The number of unbranched alkanes of at least 4 members (excludes halogenated alkanes) is 24. The molecular formula is C37H74NO8P. The van der Waals surface area contributed by atoms with E-state index in [1.54, 1.807) is 0 Å². The third-order valence-electron chi connectivity index (χ3n) is 8.54. The van der Waals surface area contributed by atoms with Gasteiger partial charge in [0.2, 0.25) is 5.91 Å². The number of carbonyl (C=O) groups excluding carboxylic acids is 2. The zero-order chi connectivity index (χ0) is 34.7. The second-order valence-electron chi connectivity index (χ2n) is 13.3. The van der Waals surface area contributed by atoms with Gasteiger partial charge in [-0.3, -0.25) is 18.6 Å². The van der Waals surface area contributed by atoms with Crippen molar-refractivity contribution in [1.82, 2.24) is 5.32 Å². The maximum absolute atomic E-state index is 12.0. The average Bonchev–Trinajstić information content (AvgIpc) is 3.05. The standard InChI is InChI=1S/C37H74NO8P/c1-3-5-7-9-11-13-15-16-17-18-19-20-21-23-25-27-29-36(40)38-31-32-45-47(42,43)46-34-35(39)33-44-37(41)30-28-26-24-22-14-12-10-8-6-4-2/h35,39H,3-34H2,1-2H3,(H,38,40)(H,42,43). The highest BCUT2D eigenvalue weighted by molar-refractivity contribution is 7.47. The molecule has 0 rings (SSSR count). The van der Waals surface area contributed by atoms with Crippen LogP contribution < -0.4 is 5.32 Å². The van der Waals surface area contributed by atoms with Gasteiger partial charge in [-0.1, -0.05) is 168 Å². The van der Waals surface area contributed by atoms with Gasteiger partial charge in [-0.25, -0.2) is 4.57 Å². The van der Waals surface area contributed by atoms with Crippen LogP contribution in [0.15, 0.2) is 0 Å². The minimum absolute atomic E-state index is 0.0880. The number of rotatable bonds is 37. The first kappa shape index (κ1) is 46.0. The second-order valence-corrected chi connectivity index (χ2v) is 14.7. The molecule has 280 valence electrons. The van der Waals surface area contributed by atoms with Crippen molar-refractivity contribution in [3.8, 4) is 0 Å². The first-order valence-electron chi connectivity index (χ1n) is 19.5. The van der Waals surface area contributed by atoms with E-state index in [4.69, 9.17) is 13.8 Å². The van der Waals surface area contributed by atoms with Crippen LogP contribution in [0.25, 0.3) is 0 Å². The summed E-state index contributed by atoms with van der Waals surface area (Å²) in [6.07, 6.45) is 31.8. The lowest BCUT2D eigenvalue weighted by atomic mass is 10.0. The molecule has 0 aromatic rings. The van der Waals surface area contributed by atoms with Gasteiger partial charge in [0.05, 0.1) is 13.2 Å². The van der Waals surface area contributed by atoms with Gasteiger partial charge in [-0.2, -0.15) is 0 Å². The molecule has 0 bridgehead atoms. The number of aliphatic hydroxyl groups is 1. The number of carbonyl (C=O) groups is 2. The molecule has 0 aromatic carbocycles. The van der Waals surface area contributed by atoms with Crippen LogP contribution in [0.3, 0.4) is 0 Å². The Morgan fingerprint density at radius 2 is 0.957 bits per heavy atom. The molecule has 0 aliphatic carbocycles. The smallest absolute Gasteiger partial charge is 0.463 e. The van der Waals surface area contributed by atoms with Gasteiger partial charge < -0.3 is 20.1 Å². The lowest BCUT2D eigenvalue weighted by molar-refractivity contribution is -0.147. The van der Waals surface area contributed by atoms with Crippen molar-refractivity contribution >= 4 is 19.7 Å². The van der Waals surface area contributed by atoms with Crippen LogP contribution in [-0.2, 0) is 27.9 Å². The second kappa shape index (κ2) is 34.9. The molecule has 0 saturated carbocycles. The summed E-state index contributed by atoms with van der Waals surface area (Å²) in [6, 6.07) is 0. The van der Waals surface area contributed by atoms with E-state index in [2.05, 4.69) is 19.2 Å². The van der Waals surface area contributed by atoms with Crippen LogP contribution >= 0.6 is 7.82 Å². The van der Waals surface area contributed by atoms with Gasteiger partial charge in [0.1, 0.15) is 12.7 Å². The molecule has 0 spiro atoms. The van der Waals surface area contributed by atoms with Gasteiger partial charge in [-0.05, 0) is 12.8 Å². The molecular weight excluding hydrogens is 617 g/mol. The Morgan fingerprint density at radius 1 is 0.574 bits per heavy atom. The normalized spacial score (nSPS) is 13.4. The predicted molar refractivity (Wildman–Crippen MR) is 192 cm³/mol. The first-order chi connectivity index (χ1) is 22.8. The third kappa shape index (κ3) is 36.1. The number of hydrogen-bond acceptors (Lipinski definition) is 7. The number of phosphoric ester groups is 1. The van der Waals surface area contributed by atoms with Crippen LogP contribution in [0.5, 0.6) is 0 Å². The third-order valence-corrected chi connectivity index (χ3v) is 9.52. The molecule has 0 fully saturated rings. The fourth-order valence-electron chi connectivity index (χ4n) is 5.56. The van der Waals surface area contributed by atoms with E-state index in [0.29, 0.717) is 6.42 Å². The highest BCUT2D eigenvalue weighted by Gasteiger charge is 2.23. The molecule has 2 unspecified atom stereocenters. The highest BCUT2D eigenvalue weighted by atomic mass is 31.2. The van der Waals surface area contributed by atoms with E-state index < -0.39 is 26.5 Å². The Labute approximate surface area is 288 Å². The SMILES string of the molecule is CCCCCCCCCCCCCCCCCCC(=O)NCCOP(=O)(O)OCC(O)COC(=O)CCCCCCCCCCCC. The summed E-state index contributed by atoms with van der Waals surface area (Å²) in [5, 5.41) is 12.6. The zero-order valence-electron chi connectivity index (χ0n) is 30.5. The molecule has 0 aliphatic rings. The molecule has 0 aromatic heterocycles. The van der Waals surface area contributed by atoms with E-state index >= 15 is 0 Å². The molecule has 3 N–H and O–H groups in total. The summed E-state index contributed by atoms with van der Waals surface area (Å²) in [5.41, 5.74) is 0. The summed E-state index contributed by atoms with van der Waals surface area (Å²) >= 11 is 0. The quantitative estimate of drug-likeness (QED) is 0.0333. The molecule has 1 amide bonds. The maximum atomic E-state index is 12.0. The first-order valence-corrected chi connectivity index (χ1v) is 21.0. The molecule has 10 heteroatoms. The summed E-state index contributed by atoms with van der Waals surface area (Å²) in [7, 11) is -4.40. The number of aliphatic hydroxyl groups excluding tert-OH is 1. The molecule has 0 heterocycles. The number of amides is 1. The Morgan fingerprint density at radius 3 is 1.38 bits per heavy atom. The van der Waals surface area contributed by atoms with Crippen molar-refractivity contribution in [2.45, 2.75) is 200 Å². The van der Waals surface area contributed by atoms with Crippen molar-refractivity contribution in [2.75, 3.05) is 26.4 Å². The molecule has 2 atom stereocenters. The van der Waals surface area contributed by atoms with Gasteiger partial charge >= 0.3 is 13.8 Å². The Hall–Kier alpha value is -0.990. The Bertz CT molecular complexity index is 754. The van der Waals surface area contributed by atoms with Crippen molar-refractivity contribution in [3.63, 3.8) is 0 Å². The zero-order valence-corrected chi connectivity index (χ0v) is 31.4. The predicted octanol–water partition coefficient (Wildman–Crippen LogP) is 10.1. The lowest BCUT2D eigenvalue weighted by Crippen LogP contribution is -2.27. The van der Waals surface area contributed by atoms with Crippen molar-refractivity contribution in [2.24, 2.45) is 0 Å². The number of phosphoric acid groups is 1. The number of esters is 1. The Balaban J connectivity index is 3.57. The van der Waals surface area contributed by atoms with Crippen LogP contribution in [0, 0.1) is 0 Å². The molecule has 0 aliphatic heterocycles. The summed E-state index contributed by atoms with van der Waals surface area (Å²) < 4.78 is 26.7. The molecule has 47 heavy (non-hydrogen) atoms. The lowest BCUT2D eigenvalue weighted by Gasteiger charge is -2.15. The maximum Gasteiger partial charge on any atom is 0.472 e. The number of nitrogens with one attached hydrogen (secondary N) is 1. The van der Waals surface area contributed by atoms with Crippen molar-refractivity contribution < 1.29 is 37.9 Å². The summed E-state index contributed by atoms with van der Waals surface area (Å²) in [6.45, 7) is 3.55. The monoisotopic (exact) mass is 692 g/mol. The number of hydrogen-bond donors (Lipinski definition) is 3. The minimum atomic E-state index is -4.40. The van der Waals surface area contributed by atoms with Crippen molar-refractivity contribution in [3.05, 3.63) is 0 Å². The summed E-state index contributed by atoms with van der Waals surface area (Å²) in [4.78, 5) is 33.7. The van der Waals surface area contributed by atoms with E-state index in [0.717, 1.165) is 38.5 Å². The number of ether oxygens (including phenoxy) is 1. The largest absolute Gasteiger partial charge is 0.472 e. The molecule has 0 radical (unpaired) electrons. The van der Waals surface area contributed by atoms with E-state index in [1.165, 1.54) is 128 Å². The van der Waals surface area contributed by atoms with Gasteiger partial charge in [0.15, 0.2) is 0 Å². The molecule has 0 saturated heterocycles. The van der Waals surface area contributed by atoms with Crippen LogP contribution in [0.2, 0.25) is 0 Å². The highest BCUT2D eigenvalue weighted by Crippen LogP contribution is 2.42. The average molecular weight is 692 g/mol. The Kier molecular flexibility index (Phi) is 34.1. The summed E-state index contributed by atoms with van der Waals surface area (Å²) in [5.74, 6) is -0.509. The van der Waals surface area contributed by atoms with Gasteiger partial charge in [-0.15, -0.1) is 0 Å². The van der Waals surface area contributed by atoms with Crippen LogP contribution in [0.1, 0.15) is 194 Å². The minimum Gasteiger partial charge on any atom is -0.463 e. The van der Waals surface area contributed by atoms with Gasteiger partial charge in [0.25, 0.3) is 0 Å². The fourth-order valence-corrected chi connectivity index (χ4v) is 6.31. The van der Waals surface area contributed by atoms with E-state index in [1.807, 2.05) is 0 Å². The topological polar surface area (TPSA) is 131 Å².